The lowest BCUT2D eigenvalue weighted by molar-refractivity contribution is -0.133. The maximum Gasteiger partial charge on any atom is 0.243 e. The number of hydrogen-bond acceptors (Lipinski definition) is 3. The van der Waals surface area contributed by atoms with E-state index in [0.29, 0.717) is 25.9 Å². The van der Waals surface area contributed by atoms with E-state index in [2.05, 4.69) is 12.1 Å². The van der Waals surface area contributed by atoms with E-state index in [0.717, 1.165) is 16.3 Å². The van der Waals surface area contributed by atoms with E-state index in [-0.39, 0.29) is 10.8 Å². The van der Waals surface area contributed by atoms with E-state index in [9.17, 15) is 13.2 Å². The Bertz CT molecular complexity index is 1130. The van der Waals surface area contributed by atoms with Gasteiger partial charge in [0, 0.05) is 20.1 Å². The van der Waals surface area contributed by atoms with Crippen LogP contribution in [0.3, 0.4) is 0 Å². The highest BCUT2D eigenvalue weighted by atomic mass is 32.2. The second-order valence-corrected chi connectivity index (χ2v) is 9.35. The van der Waals surface area contributed by atoms with Gasteiger partial charge in [0.1, 0.15) is 6.04 Å². The van der Waals surface area contributed by atoms with Crippen molar-refractivity contribution in [2.75, 3.05) is 13.6 Å². The summed E-state index contributed by atoms with van der Waals surface area (Å²) in [6, 6.07) is 21.9. The van der Waals surface area contributed by atoms with Crippen LogP contribution < -0.4 is 0 Å². The molecular formula is C23H24N2O3S. The number of nitrogens with zero attached hydrogens (tertiary/aromatic N) is 2. The number of rotatable bonds is 5. The third-order valence-corrected chi connectivity index (χ3v) is 7.37. The molecule has 0 bridgehead atoms. The van der Waals surface area contributed by atoms with Crippen molar-refractivity contribution in [3.8, 4) is 0 Å². The topological polar surface area (TPSA) is 57.7 Å². The van der Waals surface area contributed by atoms with Gasteiger partial charge in [0.05, 0.1) is 4.90 Å². The van der Waals surface area contributed by atoms with Gasteiger partial charge >= 0.3 is 0 Å². The lowest BCUT2D eigenvalue weighted by atomic mass is 10.1. The van der Waals surface area contributed by atoms with Crippen molar-refractivity contribution in [2.24, 2.45) is 0 Å². The largest absolute Gasteiger partial charge is 0.340 e. The smallest absolute Gasteiger partial charge is 0.243 e. The van der Waals surface area contributed by atoms with Crippen LogP contribution in [0.2, 0.25) is 0 Å². The van der Waals surface area contributed by atoms with Crippen molar-refractivity contribution in [1.29, 1.82) is 0 Å². The minimum absolute atomic E-state index is 0.157. The monoisotopic (exact) mass is 408 g/mol. The number of likely N-dealkylation sites (N-methyl/N-ethyl adjacent to an activating group) is 1. The van der Waals surface area contributed by atoms with Gasteiger partial charge < -0.3 is 4.90 Å². The normalized spacial score (nSPS) is 17.5. The zero-order chi connectivity index (χ0) is 20.4. The molecule has 1 fully saturated rings. The molecule has 29 heavy (non-hydrogen) atoms. The summed E-state index contributed by atoms with van der Waals surface area (Å²) in [5.41, 5.74) is 1.02. The summed E-state index contributed by atoms with van der Waals surface area (Å²) in [5, 5.41) is 2.28. The SMILES string of the molecule is CN(Cc1ccc2ccccc2c1)C(=O)C1CCCN1S(=O)(=O)c1ccccc1. The number of hydrogen-bond donors (Lipinski definition) is 0. The molecule has 1 saturated heterocycles. The van der Waals surface area contributed by atoms with Gasteiger partial charge in [-0.05, 0) is 47.4 Å². The second kappa shape index (κ2) is 7.97. The Hall–Kier alpha value is -2.70. The Morgan fingerprint density at radius 1 is 1.00 bits per heavy atom. The number of sulfonamides is 1. The molecule has 5 nitrogen and oxygen atoms in total. The van der Waals surface area contributed by atoms with Gasteiger partial charge in [-0.1, -0.05) is 54.6 Å². The second-order valence-electron chi connectivity index (χ2n) is 7.46. The van der Waals surface area contributed by atoms with Gasteiger partial charge in [0.2, 0.25) is 15.9 Å². The van der Waals surface area contributed by atoms with Gasteiger partial charge in [-0.15, -0.1) is 0 Å². The highest BCUT2D eigenvalue weighted by molar-refractivity contribution is 7.89. The number of carbonyl (C=O) groups is 1. The van der Waals surface area contributed by atoms with Gasteiger partial charge in [0.15, 0.2) is 0 Å². The zero-order valence-corrected chi connectivity index (χ0v) is 17.2. The summed E-state index contributed by atoms with van der Waals surface area (Å²) in [6.45, 7) is 0.816. The fourth-order valence-electron chi connectivity index (χ4n) is 3.95. The Morgan fingerprint density at radius 2 is 1.69 bits per heavy atom. The molecule has 1 aliphatic rings. The molecule has 6 heteroatoms. The predicted molar refractivity (Wildman–Crippen MR) is 114 cm³/mol. The van der Waals surface area contributed by atoms with Crippen LogP contribution in [0.15, 0.2) is 77.7 Å². The predicted octanol–water partition coefficient (Wildman–Crippen LogP) is 3.65. The summed E-state index contributed by atoms with van der Waals surface area (Å²) in [5.74, 6) is -0.157. The lowest BCUT2D eigenvalue weighted by Gasteiger charge is -2.27. The molecule has 1 unspecified atom stereocenters. The van der Waals surface area contributed by atoms with E-state index < -0.39 is 16.1 Å². The molecule has 0 aliphatic carbocycles. The quantitative estimate of drug-likeness (QED) is 0.648. The summed E-state index contributed by atoms with van der Waals surface area (Å²) in [7, 11) is -1.94. The Morgan fingerprint density at radius 3 is 2.45 bits per heavy atom. The van der Waals surface area contributed by atoms with Crippen LogP contribution in [-0.4, -0.2) is 43.2 Å². The van der Waals surface area contributed by atoms with E-state index in [4.69, 9.17) is 0 Å². The van der Waals surface area contributed by atoms with Crippen LogP contribution in [0, 0.1) is 0 Å². The zero-order valence-electron chi connectivity index (χ0n) is 16.4. The molecule has 3 aromatic rings. The van der Waals surface area contributed by atoms with Crippen molar-refractivity contribution in [1.82, 2.24) is 9.21 Å². The standard InChI is InChI=1S/C23H24N2O3S/c1-24(17-18-13-14-19-8-5-6-9-20(19)16-18)23(26)22-12-7-15-25(22)29(27,28)21-10-3-2-4-11-21/h2-6,8-11,13-14,16,22H,7,12,15,17H2,1H3. The van der Waals surface area contributed by atoms with E-state index >= 15 is 0 Å². The van der Waals surface area contributed by atoms with Gasteiger partial charge in [-0.25, -0.2) is 8.42 Å². The molecule has 1 heterocycles. The first-order chi connectivity index (χ1) is 14.0. The fourth-order valence-corrected chi connectivity index (χ4v) is 5.62. The summed E-state index contributed by atoms with van der Waals surface area (Å²) in [6.07, 6.45) is 1.24. The van der Waals surface area contributed by atoms with Gasteiger partial charge in [-0.3, -0.25) is 4.79 Å². The molecule has 4 rings (SSSR count). The first-order valence-electron chi connectivity index (χ1n) is 9.76. The highest BCUT2D eigenvalue weighted by Crippen LogP contribution is 2.27. The van der Waals surface area contributed by atoms with Crippen LogP contribution in [0.1, 0.15) is 18.4 Å². The van der Waals surface area contributed by atoms with Crippen LogP contribution in [0.4, 0.5) is 0 Å². The maximum atomic E-state index is 13.1. The average Bonchev–Trinajstić information content (AvgIpc) is 3.24. The number of benzene rings is 3. The third kappa shape index (κ3) is 3.91. The average molecular weight is 409 g/mol. The number of fused-ring (bicyclic) bond motifs is 1. The third-order valence-electron chi connectivity index (χ3n) is 5.45. The summed E-state index contributed by atoms with van der Waals surface area (Å²) < 4.78 is 27.4. The van der Waals surface area contributed by atoms with Crippen LogP contribution in [0.25, 0.3) is 10.8 Å². The first kappa shape index (κ1) is 19.6. The Balaban J connectivity index is 1.53. The maximum absolute atomic E-state index is 13.1. The highest BCUT2D eigenvalue weighted by Gasteiger charge is 2.40. The van der Waals surface area contributed by atoms with Crippen LogP contribution in [-0.2, 0) is 21.4 Å². The molecule has 150 valence electrons. The molecule has 0 N–H and O–H groups in total. The minimum Gasteiger partial charge on any atom is -0.340 e. The molecule has 1 amide bonds. The molecule has 0 saturated carbocycles. The van der Waals surface area contributed by atoms with Crippen molar-refractivity contribution < 1.29 is 13.2 Å². The van der Waals surface area contributed by atoms with Crippen LogP contribution in [0.5, 0.6) is 0 Å². The minimum atomic E-state index is -3.68. The summed E-state index contributed by atoms with van der Waals surface area (Å²) in [4.78, 5) is 15.0. The van der Waals surface area contributed by atoms with Crippen molar-refractivity contribution >= 4 is 26.7 Å². The van der Waals surface area contributed by atoms with Gasteiger partial charge in [0.25, 0.3) is 0 Å². The van der Waals surface area contributed by atoms with Crippen LogP contribution >= 0.6 is 0 Å². The molecule has 1 atom stereocenters. The Kier molecular flexibility index (Phi) is 5.39. The molecule has 0 aromatic heterocycles. The van der Waals surface area contributed by atoms with E-state index in [1.54, 1.807) is 42.3 Å². The molecular weight excluding hydrogens is 384 g/mol. The number of amides is 1. The molecule has 1 aliphatic heterocycles. The van der Waals surface area contributed by atoms with Crippen molar-refractivity contribution in [3.05, 3.63) is 78.4 Å². The molecule has 3 aromatic carbocycles. The lowest BCUT2D eigenvalue weighted by Crippen LogP contribution is -2.46. The van der Waals surface area contributed by atoms with Gasteiger partial charge in [-0.2, -0.15) is 4.31 Å². The fraction of sp³-hybridized carbons (Fsp3) is 0.261. The Labute approximate surface area is 171 Å². The number of carbonyl (C=O) groups excluding carboxylic acids is 1. The molecule has 0 radical (unpaired) electrons. The molecule has 0 spiro atoms. The van der Waals surface area contributed by atoms with Crippen molar-refractivity contribution in [3.63, 3.8) is 0 Å². The first-order valence-corrected chi connectivity index (χ1v) is 11.2. The van der Waals surface area contributed by atoms with E-state index in [1.807, 2.05) is 30.3 Å². The van der Waals surface area contributed by atoms with E-state index in [1.165, 1.54) is 4.31 Å². The summed E-state index contributed by atoms with van der Waals surface area (Å²) >= 11 is 0. The van der Waals surface area contributed by atoms with Crippen molar-refractivity contribution in [2.45, 2.75) is 30.3 Å².